The molecule has 3 heteroatoms. The molecule has 1 unspecified atom stereocenters. The molecule has 3 rings (SSSR count). The molecule has 1 atom stereocenters. The number of rotatable bonds is 2. The van der Waals surface area contributed by atoms with E-state index in [4.69, 9.17) is 5.73 Å². The Balaban J connectivity index is 2.07. The second-order valence-corrected chi connectivity index (χ2v) is 5.73. The predicted octanol–water partition coefficient (Wildman–Crippen LogP) is 3.49. The highest BCUT2D eigenvalue weighted by Gasteiger charge is 2.30. The number of hydrogen-bond donors (Lipinski definition) is 1. The van der Waals surface area contributed by atoms with Gasteiger partial charge in [-0.05, 0) is 55.2 Å². The average molecular weight is 279 g/mol. The maximum atomic E-state index is 6.16. The Kier molecular flexibility index (Phi) is 3.42. The third-order valence-electron chi connectivity index (χ3n) is 4.14. The number of benzene rings is 2. The standard InChI is InChI=1S/C18H21N3/c1-12-6-4-9-15(10-12)21-16(11-20-18(21)19)17-13(2)7-5-8-14(17)3/h4-10,16H,11H2,1-3H3,(H2,19,20). The topological polar surface area (TPSA) is 41.6 Å². The van der Waals surface area contributed by atoms with Gasteiger partial charge in [0.05, 0.1) is 12.6 Å². The fraction of sp³-hybridized carbons (Fsp3) is 0.278. The molecule has 0 amide bonds. The Morgan fingerprint density at radius 1 is 1.05 bits per heavy atom. The van der Waals surface area contributed by atoms with Crippen LogP contribution in [-0.4, -0.2) is 12.5 Å². The second-order valence-electron chi connectivity index (χ2n) is 5.73. The smallest absolute Gasteiger partial charge is 0.196 e. The quantitative estimate of drug-likeness (QED) is 0.914. The lowest BCUT2D eigenvalue weighted by atomic mass is 9.95. The lowest BCUT2D eigenvalue weighted by Crippen LogP contribution is -2.36. The number of guanidine groups is 1. The summed E-state index contributed by atoms with van der Waals surface area (Å²) < 4.78 is 0. The maximum Gasteiger partial charge on any atom is 0.196 e. The summed E-state index contributed by atoms with van der Waals surface area (Å²) in [5.74, 6) is 0.605. The second kappa shape index (κ2) is 5.24. The minimum absolute atomic E-state index is 0.188. The minimum Gasteiger partial charge on any atom is -0.369 e. The Morgan fingerprint density at radius 2 is 1.71 bits per heavy atom. The monoisotopic (exact) mass is 279 g/mol. The summed E-state index contributed by atoms with van der Waals surface area (Å²) in [7, 11) is 0. The van der Waals surface area contributed by atoms with E-state index in [1.807, 2.05) is 0 Å². The summed E-state index contributed by atoms with van der Waals surface area (Å²) >= 11 is 0. The molecule has 1 aliphatic rings. The Labute approximate surface area is 126 Å². The van der Waals surface area contributed by atoms with E-state index >= 15 is 0 Å². The van der Waals surface area contributed by atoms with E-state index in [1.54, 1.807) is 0 Å². The van der Waals surface area contributed by atoms with Crippen molar-refractivity contribution in [3.63, 3.8) is 0 Å². The van der Waals surface area contributed by atoms with Gasteiger partial charge in [0.25, 0.3) is 0 Å². The summed E-state index contributed by atoms with van der Waals surface area (Å²) in [6, 6.07) is 15.0. The number of aryl methyl sites for hydroxylation is 3. The van der Waals surface area contributed by atoms with Gasteiger partial charge in [-0.1, -0.05) is 30.3 Å². The first-order valence-electron chi connectivity index (χ1n) is 7.30. The van der Waals surface area contributed by atoms with Crippen LogP contribution in [0.2, 0.25) is 0 Å². The molecule has 0 saturated carbocycles. The molecule has 0 fully saturated rings. The molecule has 2 aromatic rings. The van der Waals surface area contributed by atoms with E-state index in [9.17, 15) is 0 Å². The lowest BCUT2D eigenvalue weighted by molar-refractivity contribution is 0.756. The summed E-state index contributed by atoms with van der Waals surface area (Å²) in [6.45, 7) is 7.13. The van der Waals surface area contributed by atoms with Crippen LogP contribution in [0.1, 0.15) is 28.3 Å². The molecule has 2 N–H and O–H groups in total. The van der Waals surface area contributed by atoms with Gasteiger partial charge < -0.3 is 10.6 Å². The van der Waals surface area contributed by atoms with Crippen LogP contribution >= 0.6 is 0 Å². The van der Waals surface area contributed by atoms with Crippen molar-refractivity contribution >= 4 is 11.6 Å². The van der Waals surface area contributed by atoms with Crippen LogP contribution in [0.4, 0.5) is 5.69 Å². The molecule has 0 radical (unpaired) electrons. The number of anilines is 1. The molecule has 3 nitrogen and oxygen atoms in total. The predicted molar refractivity (Wildman–Crippen MR) is 88.8 cm³/mol. The molecule has 0 bridgehead atoms. The average Bonchev–Trinajstić information content (AvgIpc) is 2.80. The minimum atomic E-state index is 0.188. The van der Waals surface area contributed by atoms with Gasteiger partial charge in [0.1, 0.15) is 0 Å². The van der Waals surface area contributed by atoms with Gasteiger partial charge in [0.2, 0.25) is 0 Å². The molecule has 0 aromatic heterocycles. The van der Waals surface area contributed by atoms with Crippen LogP contribution in [-0.2, 0) is 0 Å². The fourth-order valence-electron chi connectivity index (χ4n) is 3.16. The van der Waals surface area contributed by atoms with Crippen molar-refractivity contribution in [1.82, 2.24) is 0 Å². The SMILES string of the molecule is Cc1cccc(N2C(N)=NCC2c2c(C)cccc2C)c1. The van der Waals surface area contributed by atoms with Gasteiger partial charge in [-0.2, -0.15) is 0 Å². The van der Waals surface area contributed by atoms with Gasteiger partial charge in [0, 0.05) is 5.69 Å². The molecule has 21 heavy (non-hydrogen) atoms. The molecule has 0 aliphatic carbocycles. The van der Waals surface area contributed by atoms with Gasteiger partial charge in [-0.3, -0.25) is 4.99 Å². The maximum absolute atomic E-state index is 6.16. The molecular weight excluding hydrogens is 258 g/mol. The van der Waals surface area contributed by atoms with E-state index in [1.165, 1.54) is 22.3 Å². The normalized spacial score (nSPS) is 18.0. The molecule has 0 saturated heterocycles. The lowest BCUT2D eigenvalue weighted by Gasteiger charge is -2.29. The zero-order valence-electron chi connectivity index (χ0n) is 12.8. The largest absolute Gasteiger partial charge is 0.369 e. The fourth-order valence-corrected chi connectivity index (χ4v) is 3.16. The number of hydrogen-bond acceptors (Lipinski definition) is 3. The van der Waals surface area contributed by atoms with E-state index in [2.05, 4.69) is 73.1 Å². The van der Waals surface area contributed by atoms with Crippen LogP contribution in [0.25, 0.3) is 0 Å². The first-order valence-corrected chi connectivity index (χ1v) is 7.30. The van der Waals surface area contributed by atoms with Crippen LogP contribution in [0.5, 0.6) is 0 Å². The molecule has 0 spiro atoms. The molecular formula is C18H21N3. The van der Waals surface area contributed by atoms with Crippen LogP contribution in [0.15, 0.2) is 47.5 Å². The third-order valence-corrected chi connectivity index (χ3v) is 4.14. The first kappa shape index (κ1) is 13.7. The Bertz CT molecular complexity index is 683. The van der Waals surface area contributed by atoms with E-state index in [0.717, 1.165) is 5.69 Å². The van der Waals surface area contributed by atoms with Crippen molar-refractivity contribution < 1.29 is 0 Å². The van der Waals surface area contributed by atoms with Gasteiger partial charge in [0.15, 0.2) is 5.96 Å². The van der Waals surface area contributed by atoms with E-state index < -0.39 is 0 Å². The van der Waals surface area contributed by atoms with Crippen molar-refractivity contribution in [3.8, 4) is 0 Å². The zero-order valence-corrected chi connectivity index (χ0v) is 12.8. The Hall–Kier alpha value is -2.29. The van der Waals surface area contributed by atoms with Crippen LogP contribution in [0, 0.1) is 20.8 Å². The molecule has 108 valence electrons. The summed E-state index contributed by atoms with van der Waals surface area (Å²) in [6.07, 6.45) is 0. The molecule has 2 aromatic carbocycles. The Morgan fingerprint density at radius 3 is 2.38 bits per heavy atom. The third kappa shape index (κ3) is 2.40. The van der Waals surface area contributed by atoms with E-state index in [-0.39, 0.29) is 6.04 Å². The molecule has 1 aliphatic heterocycles. The van der Waals surface area contributed by atoms with Gasteiger partial charge in [-0.15, -0.1) is 0 Å². The number of aliphatic imine (C=N–C) groups is 1. The highest BCUT2D eigenvalue weighted by Crippen LogP contribution is 2.34. The summed E-state index contributed by atoms with van der Waals surface area (Å²) in [4.78, 5) is 6.64. The van der Waals surface area contributed by atoms with E-state index in [0.29, 0.717) is 12.5 Å². The number of nitrogens with zero attached hydrogens (tertiary/aromatic N) is 2. The van der Waals surface area contributed by atoms with Crippen molar-refractivity contribution in [2.75, 3.05) is 11.4 Å². The number of nitrogens with two attached hydrogens (primary N) is 1. The van der Waals surface area contributed by atoms with Crippen LogP contribution < -0.4 is 10.6 Å². The highest BCUT2D eigenvalue weighted by molar-refractivity contribution is 5.97. The van der Waals surface area contributed by atoms with Crippen molar-refractivity contribution in [1.29, 1.82) is 0 Å². The van der Waals surface area contributed by atoms with Crippen molar-refractivity contribution in [2.45, 2.75) is 26.8 Å². The highest BCUT2D eigenvalue weighted by atomic mass is 15.3. The van der Waals surface area contributed by atoms with Gasteiger partial charge in [-0.25, -0.2) is 0 Å². The summed E-state index contributed by atoms with van der Waals surface area (Å²) in [5, 5.41) is 0. The zero-order chi connectivity index (χ0) is 15.0. The summed E-state index contributed by atoms with van der Waals surface area (Å²) in [5.41, 5.74) is 12.4. The van der Waals surface area contributed by atoms with Crippen molar-refractivity contribution in [2.24, 2.45) is 10.7 Å². The van der Waals surface area contributed by atoms with Gasteiger partial charge >= 0.3 is 0 Å². The van der Waals surface area contributed by atoms with Crippen molar-refractivity contribution in [3.05, 3.63) is 64.7 Å². The first-order chi connectivity index (χ1) is 10.1. The van der Waals surface area contributed by atoms with Crippen LogP contribution in [0.3, 0.4) is 0 Å². The molecule has 1 heterocycles.